The second-order valence-corrected chi connectivity index (χ2v) is 7.54. The van der Waals surface area contributed by atoms with Crippen molar-refractivity contribution in [2.45, 2.75) is 45.3 Å². The van der Waals surface area contributed by atoms with E-state index in [1.54, 1.807) is 29.2 Å². The van der Waals surface area contributed by atoms with Crippen molar-refractivity contribution >= 4 is 22.6 Å². The lowest BCUT2D eigenvalue weighted by molar-refractivity contribution is -0.383. The Kier molecular flexibility index (Phi) is 5.16. The number of benzene rings is 1. The minimum atomic E-state index is -0.522. The van der Waals surface area contributed by atoms with E-state index >= 15 is 0 Å². The summed E-state index contributed by atoms with van der Waals surface area (Å²) in [6.45, 7) is 6.58. The SMILES string of the molecule is CC(C)(C)OC(=O)N1CCC(Oc2ncc([N+](=O)[O-])c3ccccc23)CC1. The largest absolute Gasteiger partial charge is 0.474 e. The predicted octanol–water partition coefficient (Wildman–Crippen LogP) is 3.92. The van der Waals surface area contributed by atoms with Crippen LogP contribution in [0.5, 0.6) is 5.88 Å². The smallest absolute Gasteiger partial charge is 0.410 e. The van der Waals surface area contributed by atoms with Gasteiger partial charge in [-0.2, -0.15) is 0 Å². The first-order chi connectivity index (χ1) is 12.7. The normalized spacial score (nSPS) is 15.6. The molecule has 1 aliphatic rings. The van der Waals surface area contributed by atoms with Crippen LogP contribution < -0.4 is 4.74 Å². The van der Waals surface area contributed by atoms with Crippen LogP contribution in [0.15, 0.2) is 30.5 Å². The Balaban J connectivity index is 1.69. The van der Waals surface area contributed by atoms with Gasteiger partial charge in [-0.1, -0.05) is 12.1 Å². The number of ether oxygens (including phenoxy) is 2. The Morgan fingerprint density at radius 1 is 1.22 bits per heavy atom. The van der Waals surface area contributed by atoms with Crippen molar-refractivity contribution < 1.29 is 19.2 Å². The second-order valence-electron chi connectivity index (χ2n) is 7.54. The van der Waals surface area contributed by atoms with Crippen LogP contribution >= 0.6 is 0 Å². The molecule has 0 radical (unpaired) electrons. The molecule has 2 aromatic rings. The fourth-order valence-corrected chi connectivity index (χ4v) is 3.03. The molecule has 2 heterocycles. The van der Waals surface area contributed by atoms with Crippen molar-refractivity contribution in [3.05, 3.63) is 40.6 Å². The summed E-state index contributed by atoms with van der Waals surface area (Å²) in [6, 6.07) is 7.00. The number of hydrogen-bond acceptors (Lipinski definition) is 6. The van der Waals surface area contributed by atoms with Crippen molar-refractivity contribution in [2.75, 3.05) is 13.1 Å². The van der Waals surface area contributed by atoms with Crippen molar-refractivity contribution in [3.63, 3.8) is 0 Å². The van der Waals surface area contributed by atoms with E-state index in [0.29, 0.717) is 42.6 Å². The molecule has 8 heteroatoms. The predicted molar refractivity (Wildman–Crippen MR) is 99.9 cm³/mol. The van der Waals surface area contributed by atoms with Gasteiger partial charge >= 0.3 is 6.09 Å². The minimum absolute atomic E-state index is 0.0438. The maximum atomic E-state index is 12.1. The van der Waals surface area contributed by atoms with E-state index in [1.807, 2.05) is 20.8 Å². The molecule has 0 saturated carbocycles. The lowest BCUT2D eigenvalue weighted by Crippen LogP contribution is -2.44. The standard InChI is InChI=1S/C19H23N3O5/c1-19(2,3)27-18(23)21-10-8-13(9-11-21)26-17-15-7-5-4-6-14(15)16(12-20-17)22(24)25/h4-7,12-13H,8-11H2,1-3H3. The van der Waals surface area contributed by atoms with Crippen molar-refractivity contribution in [2.24, 2.45) is 0 Å². The first-order valence-corrected chi connectivity index (χ1v) is 8.91. The Morgan fingerprint density at radius 2 is 1.85 bits per heavy atom. The molecule has 0 N–H and O–H groups in total. The zero-order valence-electron chi connectivity index (χ0n) is 15.7. The van der Waals surface area contributed by atoms with Crippen LogP contribution in [0, 0.1) is 10.1 Å². The number of rotatable bonds is 3. The number of pyridine rings is 1. The van der Waals surface area contributed by atoms with Gasteiger partial charge in [0.15, 0.2) is 0 Å². The Morgan fingerprint density at radius 3 is 2.44 bits per heavy atom. The fraction of sp³-hybridized carbons (Fsp3) is 0.474. The minimum Gasteiger partial charge on any atom is -0.474 e. The Bertz CT molecular complexity index is 854. The summed E-state index contributed by atoms with van der Waals surface area (Å²) in [4.78, 5) is 28.7. The molecule has 1 amide bonds. The molecule has 0 spiro atoms. The average molecular weight is 373 g/mol. The van der Waals surface area contributed by atoms with Gasteiger partial charge < -0.3 is 14.4 Å². The highest BCUT2D eigenvalue weighted by Gasteiger charge is 2.28. The first-order valence-electron chi connectivity index (χ1n) is 8.91. The van der Waals surface area contributed by atoms with Crippen LogP contribution in [0.2, 0.25) is 0 Å². The van der Waals surface area contributed by atoms with Crippen LogP contribution in [0.25, 0.3) is 10.8 Å². The Labute approximate surface area is 157 Å². The second kappa shape index (κ2) is 7.38. The molecule has 1 saturated heterocycles. The molecule has 1 fully saturated rings. The van der Waals surface area contributed by atoms with Crippen LogP contribution in [0.1, 0.15) is 33.6 Å². The highest BCUT2D eigenvalue weighted by atomic mass is 16.6. The number of piperidine rings is 1. The summed E-state index contributed by atoms with van der Waals surface area (Å²) in [7, 11) is 0. The molecule has 8 nitrogen and oxygen atoms in total. The lowest BCUT2D eigenvalue weighted by Gasteiger charge is -2.33. The van der Waals surface area contributed by atoms with Crippen molar-refractivity contribution in [1.29, 1.82) is 0 Å². The molecule has 0 aliphatic carbocycles. The zero-order chi connectivity index (χ0) is 19.6. The van der Waals surface area contributed by atoms with Crippen LogP contribution in [0.4, 0.5) is 10.5 Å². The van der Waals surface area contributed by atoms with Crippen LogP contribution in [-0.4, -0.2) is 45.7 Å². The van der Waals surface area contributed by atoms with E-state index in [9.17, 15) is 14.9 Å². The number of aromatic nitrogens is 1. The maximum absolute atomic E-state index is 12.1. The first kappa shape index (κ1) is 18.9. The van der Waals surface area contributed by atoms with Gasteiger partial charge in [0.1, 0.15) is 17.9 Å². The molecule has 144 valence electrons. The topological polar surface area (TPSA) is 94.8 Å². The third-order valence-electron chi connectivity index (χ3n) is 4.31. The molecule has 1 aromatic heterocycles. The summed E-state index contributed by atoms with van der Waals surface area (Å²) >= 11 is 0. The maximum Gasteiger partial charge on any atom is 0.410 e. The van der Waals surface area contributed by atoms with Crippen LogP contribution in [-0.2, 0) is 4.74 Å². The molecule has 1 aliphatic heterocycles. The molecule has 3 rings (SSSR count). The number of carbonyl (C=O) groups is 1. The van der Waals surface area contributed by atoms with E-state index in [0.717, 1.165) is 0 Å². The molecule has 0 bridgehead atoms. The third-order valence-corrected chi connectivity index (χ3v) is 4.31. The average Bonchev–Trinajstić information content (AvgIpc) is 2.61. The quantitative estimate of drug-likeness (QED) is 0.598. The van der Waals surface area contributed by atoms with Crippen LogP contribution in [0.3, 0.4) is 0 Å². The van der Waals surface area contributed by atoms with Gasteiger partial charge in [0, 0.05) is 25.9 Å². The molecular formula is C19H23N3O5. The van der Waals surface area contributed by atoms with Gasteiger partial charge in [0.2, 0.25) is 5.88 Å². The monoisotopic (exact) mass is 373 g/mol. The number of carbonyl (C=O) groups excluding carboxylic acids is 1. The number of hydrogen-bond donors (Lipinski definition) is 0. The lowest BCUT2D eigenvalue weighted by atomic mass is 10.1. The summed E-state index contributed by atoms with van der Waals surface area (Å²) in [5.74, 6) is 0.381. The van der Waals surface area contributed by atoms with Gasteiger partial charge in [0.05, 0.1) is 15.7 Å². The summed E-state index contributed by atoms with van der Waals surface area (Å²) in [6.07, 6.45) is 2.09. The highest BCUT2D eigenvalue weighted by Crippen LogP contribution is 2.32. The van der Waals surface area contributed by atoms with E-state index in [4.69, 9.17) is 9.47 Å². The van der Waals surface area contributed by atoms with E-state index in [2.05, 4.69) is 4.98 Å². The van der Waals surface area contributed by atoms with Crippen molar-refractivity contribution in [1.82, 2.24) is 9.88 Å². The van der Waals surface area contributed by atoms with E-state index in [1.165, 1.54) is 6.20 Å². The van der Waals surface area contributed by atoms with E-state index in [-0.39, 0.29) is 17.9 Å². The molecule has 0 atom stereocenters. The van der Waals surface area contributed by atoms with Gasteiger partial charge in [-0.15, -0.1) is 0 Å². The fourth-order valence-electron chi connectivity index (χ4n) is 3.03. The third kappa shape index (κ3) is 4.45. The van der Waals surface area contributed by atoms with Gasteiger partial charge in [0.25, 0.3) is 5.69 Å². The molecule has 1 aromatic carbocycles. The number of likely N-dealkylation sites (tertiary alicyclic amines) is 1. The highest BCUT2D eigenvalue weighted by molar-refractivity contribution is 5.93. The number of fused-ring (bicyclic) bond motifs is 1. The van der Waals surface area contributed by atoms with Gasteiger partial charge in [-0.05, 0) is 32.9 Å². The summed E-state index contributed by atoms with van der Waals surface area (Å²) in [5, 5.41) is 12.3. The Hall–Kier alpha value is -2.90. The summed E-state index contributed by atoms with van der Waals surface area (Å²) in [5.41, 5.74) is -0.566. The summed E-state index contributed by atoms with van der Waals surface area (Å²) < 4.78 is 11.4. The zero-order valence-corrected chi connectivity index (χ0v) is 15.7. The number of nitro groups is 1. The van der Waals surface area contributed by atoms with Gasteiger partial charge in [-0.3, -0.25) is 10.1 Å². The van der Waals surface area contributed by atoms with Crippen molar-refractivity contribution in [3.8, 4) is 5.88 Å². The number of amides is 1. The van der Waals surface area contributed by atoms with Gasteiger partial charge in [-0.25, -0.2) is 9.78 Å². The molecule has 0 unspecified atom stereocenters. The molecular weight excluding hydrogens is 350 g/mol. The van der Waals surface area contributed by atoms with E-state index < -0.39 is 10.5 Å². The molecule has 27 heavy (non-hydrogen) atoms. The number of nitrogens with zero attached hydrogens (tertiary/aromatic N) is 3.